The number of nitro groups is 1. The van der Waals surface area contributed by atoms with Crippen LogP contribution in [-0.4, -0.2) is 15.2 Å². The van der Waals surface area contributed by atoms with Gasteiger partial charge in [0.1, 0.15) is 18.2 Å². The Labute approximate surface area is 206 Å². The van der Waals surface area contributed by atoms with Gasteiger partial charge in [0, 0.05) is 27.7 Å². The number of nitro benzene ring substituents is 1. The number of thiocarbonyl (C=S) groups is 1. The molecule has 166 valence electrons. The van der Waals surface area contributed by atoms with Crippen molar-refractivity contribution in [2.45, 2.75) is 6.61 Å². The Kier molecular flexibility index (Phi) is 6.87. The van der Waals surface area contributed by atoms with Crippen LogP contribution < -0.4 is 9.64 Å². The number of non-ortho nitro benzene ring substituents is 1. The zero-order valence-electron chi connectivity index (χ0n) is 16.7. The van der Waals surface area contributed by atoms with Crippen LogP contribution in [0.2, 0.25) is 0 Å². The molecule has 3 aromatic rings. The lowest BCUT2D eigenvalue weighted by Crippen LogP contribution is -2.27. The maximum absolute atomic E-state index is 13.9. The van der Waals surface area contributed by atoms with Gasteiger partial charge in [-0.2, -0.15) is 0 Å². The Morgan fingerprint density at radius 1 is 1.15 bits per heavy atom. The van der Waals surface area contributed by atoms with E-state index in [0.717, 1.165) is 16.2 Å². The molecule has 1 heterocycles. The molecule has 1 fully saturated rings. The van der Waals surface area contributed by atoms with E-state index in [0.29, 0.717) is 31.8 Å². The predicted molar refractivity (Wildman–Crippen MR) is 134 cm³/mol. The van der Waals surface area contributed by atoms with Crippen LogP contribution in [-0.2, 0) is 11.4 Å². The maximum Gasteiger partial charge on any atom is 0.270 e. The summed E-state index contributed by atoms with van der Waals surface area (Å²) in [6.07, 6.45) is 1.66. The first-order chi connectivity index (χ1) is 15.8. The first-order valence-corrected chi connectivity index (χ1v) is 11.5. The summed E-state index contributed by atoms with van der Waals surface area (Å²) >= 11 is 9.91. The lowest BCUT2D eigenvalue weighted by atomic mass is 10.1. The first-order valence-electron chi connectivity index (χ1n) is 9.51. The molecule has 0 bridgehead atoms. The number of rotatable bonds is 6. The van der Waals surface area contributed by atoms with E-state index >= 15 is 0 Å². The number of ether oxygens (including phenoxy) is 1. The molecule has 1 aliphatic heterocycles. The average molecular weight is 545 g/mol. The van der Waals surface area contributed by atoms with Crippen LogP contribution in [0.15, 0.2) is 76.1 Å². The lowest BCUT2D eigenvalue weighted by molar-refractivity contribution is -0.384. The molecule has 3 aromatic carbocycles. The number of amides is 1. The average Bonchev–Trinajstić information content (AvgIpc) is 3.07. The molecular formula is C23H14BrFN2O4S2. The second kappa shape index (κ2) is 9.82. The minimum absolute atomic E-state index is 0.0267. The summed E-state index contributed by atoms with van der Waals surface area (Å²) in [6.45, 7) is 0.0267. The molecule has 0 N–H and O–H groups in total. The third-order valence-electron chi connectivity index (χ3n) is 4.71. The number of benzene rings is 3. The van der Waals surface area contributed by atoms with Crippen molar-refractivity contribution in [1.82, 2.24) is 0 Å². The Morgan fingerprint density at radius 2 is 1.88 bits per heavy atom. The van der Waals surface area contributed by atoms with Crippen LogP contribution in [0.3, 0.4) is 0 Å². The van der Waals surface area contributed by atoms with Gasteiger partial charge in [0.2, 0.25) is 0 Å². The van der Waals surface area contributed by atoms with E-state index in [1.807, 2.05) is 0 Å². The Morgan fingerprint density at radius 3 is 2.58 bits per heavy atom. The zero-order chi connectivity index (χ0) is 23.5. The van der Waals surface area contributed by atoms with Crippen molar-refractivity contribution in [1.29, 1.82) is 0 Å². The van der Waals surface area contributed by atoms with Gasteiger partial charge in [-0.1, -0.05) is 58.1 Å². The van der Waals surface area contributed by atoms with Gasteiger partial charge >= 0.3 is 0 Å². The fourth-order valence-corrected chi connectivity index (χ4v) is 4.76. The van der Waals surface area contributed by atoms with E-state index in [4.69, 9.17) is 17.0 Å². The van der Waals surface area contributed by atoms with E-state index in [1.165, 1.54) is 35.2 Å². The molecule has 0 unspecified atom stereocenters. The van der Waals surface area contributed by atoms with E-state index in [1.54, 1.807) is 42.5 Å². The standard InChI is InChI=1S/C23H14BrFN2O4S2/c24-16-5-10-20(31-13-14-3-1-2-4-19(14)25)15(11-16)12-21-22(28)26(23(32)33-21)17-6-8-18(9-7-17)27(29)30/h1-12H,13H2/b21-12+. The second-order valence-electron chi connectivity index (χ2n) is 6.85. The highest BCUT2D eigenvalue weighted by atomic mass is 79.9. The van der Waals surface area contributed by atoms with Crippen molar-refractivity contribution in [2.75, 3.05) is 4.90 Å². The van der Waals surface area contributed by atoms with Crippen LogP contribution in [0.25, 0.3) is 6.08 Å². The summed E-state index contributed by atoms with van der Waals surface area (Å²) in [5.41, 5.74) is 1.39. The number of thioether (sulfide) groups is 1. The van der Waals surface area contributed by atoms with E-state index < -0.39 is 4.92 Å². The van der Waals surface area contributed by atoms with E-state index in [2.05, 4.69) is 15.9 Å². The Bertz CT molecular complexity index is 1300. The fourth-order valence-electron chi connectivity index (χ4n) is 3.09. The number of hydrogen-bond donors (Lipinski definition) is 0. The number of carbonyl (C=O) groups is 1. The molecule has 6 nitrogen and oxygen atoms in total. The largest absolute Gasteiger partial charge is 0.488 e. The van der Waals surface area contributed by atoms with Gasteiger partial charge in [-0.15, -0.1) is 0 Å². The van der Waals surface area contributed by atoms with Gasteiger partial charge < -0.3 is 4.74 Å². The normalized spacial score (nSPS) is 14.7. The minimum Gasteiger partial charge on any atom is -0.488 e. The first kappa shape index (κ1) is 23.1. The monoisotopic (exact) mass is 544 g/mol. The van der Waals surface area contributed by atoms with Crippen molar-refractivity contribution in [3.8, 4) is 5.75 Å². The molecule has 1 saturated heterocycles. The number of hydrogen-bond acceptors (Lipinski definition) is 6. The zero-order valence-corrected chi connectivity index (χ0v) is 20.0. The summed E-state index contributed by atoms with van der Waals surface area (Å²) in [6, 6.07) is 17.3. The molecule has 0 aliphatic carbocycles. The van der Waals surface area contributed by atoms with Crippen molar-refractivity contribution in [3.05, 3.63) is 103 Å². The van der Waals surface area contributed by atoms with Crippen molar-refractivity contribution in [2.24, 2.45) is 0 Å². The van der Waals surface area contributed by atoms with E-state index in [-0.39, 0.29) is 24.0 Å². The summed E-state index contributed by atoms with van der Waals surface area (Å²) in [5.74, 6) is -0.235. The van der Waals surface area contributed by atoms with Crippen LogP contribution in [0, 0.1) is 15.9 Å². The molecular weight excluding hydrogens is 531 g/mol. The number of nitrogens with zero attached hydrogens (tertiary/aromatic N) is 2. The smallest absolute Gasteiger partial charge is 0.270 e. The van der Waals surface area contributed by atoms with Crippen molar-refractivity contribution >= 4 is 67.6 Å². The van der Waals surface area contributed by atoms with E-state index in [9.17, 15) is 19.3 Å². The highest BCUT2D eigenvalue weighted by molar-refractivity contribution is 9.10. The number of halogens is 2. The van der Waals surface area contributed by atoms with Crippen LogP contribution in [0.1, 0.15) is 11.1 Å². The molecule has 4 rings (SSSR count). The predicted octanol–water partition coefficient (Wildman–Crippen LogP) is 6.48. The summed E-state index contributed by atoms with van der Waals surface area (Å²) in [7, 11) is 0. The third kappa shape index (κ3) is 5.13. The summed E-state index contributed by atoms with van der Waals surface area (Å²) < 4.78 is 20.9. The van der Waals surface area contributed by atoms with Crippen LogP contribution in [0.4, 0.5) is 15.8 Å². The highest BCUT2D eigenvalue weighted by Gasteiger charge is 2.33. The van der Waals surface area contributed by atoms with Gasteiger partial charge in [0.25, 0.3) is 11.6 Å². The fraction of sp³-hybridized carbons (Fsp3) is 0.0435. The minimum atomic E-state index is -0.510. The van der Waals surface area contributed by atoms with Gasteiger partial charge in [0.05, 0.1) is 15.5 Å². The third-order valence-corrected chi connectivity index (χ3v) is 6.51. The second-order valence-corrected chi connectivity index (χ2v) is 9.44. The van der Waals surface area contributed by atoms with Crippen molar-refractivity contribution in [3.63, 3.8) is 0 Å². The molecule has 0 spiro atoms. The summed E-state index contributed by atoms with van der Waals surface area (Å²) in [4.78, 5) is 25.1. The molecule has 0 atom stereocenters. The van der Waals surface area contributed by atoms with Crippen molar-refractivity contribution < 1.29 is 18.8 Å². The highest BCUT2D eigenvalue weighted by Crippen LogP contribution is 2.38. The SMILES string of the molecule is O=C1/C(=C\c2cc(Br)ccc2OCc2ccccc2F)SC(=S)N1c1ccc([N+](=O)[O-])cc1. The van der Waals surface area contributed by atoms with Gasteiger partial charge in [-0.05, 0) is 42.5 Å². The quantitative estimate of drug-likeness (QED) is 0.153. The Hall–Kier alpha value is -3.08. The Balaban J connectivity index is 1.60. The molecule has 0 saturated carbocycles. The maximum atomic E-state index is 13.9. The topological polar surface area (TPSA) is 72.7 Å². The summed E-state index contributed by atoms with van der Waals surface area (Å²) in [5, 5.41) is 10.9. The molecule has 1 aliphatic rings. The van der Waals surface area contributed by atoms with Crippen LogP contribution in [0.5, 0.6) is 5.75 Å². The number of anilines is 1. The molecule has 1 amide bonds. The molecule has 0 radical (unpaired) electrons. The van der Waals surface area contributed by atoms with Gasteiger partial charge in [0.15, 0.2) is 4.32 Å². The lowest BCUT2D eigenvalue weighted by Gasteiger charge is -2.14. The van der Waals surface area contributed by atoms with Gasteiger partial charge in [-0.3, -0.25) is 19.8 Å². The molecule has 33 heavy (non-hydrogen) atoms. The molecule has 0 aromatic heterocycles. The van der Waals surface area contributed by atoms with Crippen LogP contribution >= 0.6 is 39.9 Å². The number of carbonyl (C=O) groups excluding carboxylic acids is 1. The molecule has 10 heteroatoms. The van der Waals surface area contributed by atoms with Gasteiger partial charge in [-0.25, -0.2) is 4.39 Å².